The van der Waals surface area contributed by atoms with Crippen molar-refractivity contribution in [3.63, 3.8) is 0 Å². The number of aromatic nitrogens is 1. The summed E-state index contributed by atoms with van der Waals surface area (Å²) in [5, 5.41) is 3.67. The summed E-state index contributed by atoms with van der Waals surface area (Å²) in [5.74, 6) is 0.789. The molecule has 1 N–H and O–H groups in total. The van der Waals surface area contributed by atoms with Crippen molar-refractivity contribution in [2.24, 2.45) is 0 Å². The van der Waals surface area contributed by atoms with Crippen LogP contribution in [0.15, 0.2) is 36.4 Å². The van der Waals surface area contributed by atoms with Crippen LogP contribution in [0.1, 0.15) is 24.0 Å². The Kier molecular flexibility index (Phi) is 5.58. The van der Waals surface area contributed by atoms with Crippen molar-refractivity contribution in [2.45, 2.75) is 32.8 Å². The van der Waals surface area contributed by atoms with Gasteiger partial charge in [0.15, 0.2) is 0 Å². The molecule has 1 fully saturated rings. The second-order valence-electron chi connectivity index (χ2n) is 7.35. The minimum atomic E-state index is -0.0567. The van der Waals surface area contributed by atoms with Crippen molar-refractivity contribution >= 4 is 33.3 Å². The van der Waals surface area contributed by atoms with Crippen molar-refractivity contribution in [2.75, 3.05) is 25.5 Å². The van der Waals surface area contributed by atoms with Gasteiger partial charge in [0, 0.05) is 37.7 Å². The van der Waals surface area contributed by atoms with Gasteiger partial charge in [0.2, 0.25) is 0 Å². The fourth-order valence-corrected chi connectivity index (χ4v) is 4.27. The number of nitrogens with one attached hydrogen (secondary N) is 1. The topological polar surface area (TPSA) is 63.7 Å². The Balaban J connectivity index is 1.32. The van der Waals surface area contributed by atoms with Gasteiger partial charge in [-0.3, -0.25) is 0 Å². The minimum Gasteiger partial charge on any atom is -0.497 e. The molecule has 1 aliphatic heterocycles. The second kappa shape index (κ2) is 8.29. The summed E-state index contributed by atoms with van der Waals surface area (Å²) in [4.78, 5) is 19.0. The first-order valence-corrected chi connectivity index (χ1v) is 10.6. The summed E-state index contributed by atoms with van der Waals surface area (Å²) >= 11 is 1.54. The molecule has 2 heterocycles. The number of fused-ring (bicyclic) bond motifs is 1. The third-order valence-electron chi connectivity index (χ3n) is 5.33. The van der Waals surface area contributed by atoms with Gasteiger partial charge < -0.3 is 19.7 Å². The number of anilines is 1. The molecule has 0 atom stereocenters. The number of rotatable bonds is 4. The predicted octanol–water partition coefficient (Wildman–Crippen LogP) is 5.00. The Bertz CT molecular complexity index is 1030. The number of hydrogen-bond acceptors (Lipinski definition) is 5. The molecule has 4 rings (SSSR count). The van der Waals surface area contributed by atoms with Crippen LogP contribution >= 0.6 is 11.3 Å². The summed E-state index contributed by atoms with van der Waals surface area (Å²) < 4.78 is 12.4. The zero-order chi connectivity index (χ0) is 20.4. The number of methoxy groups -OCH3 is 1. The maximum absolute atomic E-state index is 12.6. The lowest BCUT2D eigenvalue weighted by Gasteiger charge is -2.31. The number of likely N-dealkylation sites (tertiary alicyclic amines) is 1. The molecular weight excluding hydrogens is 386 g/mol. The molecule has 0 unspecified atom stereocenters. The molecule has 1 saturated heterocycles. The van der Waals surface area contributed by atoms with Crippen molar-refractivity contribution in [1.82, 2.24) is 9.88 Å². The Labute approximate surface area is 174 Å². The monoisotopic (exact) mass is 411 g/mol. The zero-order valence-corrected chi connectivity index (χ0v) is 17.7. The van der Waals surface area contributed by atoms with Crippen LogP contribution < -0.4 is 14.8 Å². The SMILES string of the molecule is COc1ccc2sc(OC3CCN(C(=O)Nc4ccc(C)c(C)c4)CC3)nc2c1. The van der Waals surface area contributed by atoms with Gasteiger partial charge in [0.25, 0.3) is 5.19 Å². The van der Waals surface area contributed by atoms with Gasteiger partial charge in [-0.1, -0.05) is 17.4 Å². The van der Waals surface area contributed by atoms with Gasteiger partial charge in [0.1, 0.15) is 11.9 Å². The maximum atomic E-state index is 12.6. The quantitative estimate of drug-likeness (QED) is 0.656. The van der Waals surface area contributed by atoms with Crippen LogP contribution in [0.25, 0.3) is 10.2 Å². The van der Waals surface area contributed by atoms with Crippen LogP contribution in [-0.4, -0.2) is 42.2 Å². The predicted molar refractivity (Wildman–Crippen MR) is 116 cm³/mol. The third-order valence-corrected chi connectivity index (χ3v) is 6.26. The lowest BCUT2D eigenvalue weighted by atomic mass is 10.1. The highest BCUT2D eigenvalue weighted by Gasteiger charge is 2.25. The number of carbonyl (C=O) groups excluding carboxylic acids is 1. The van der Waals surface area contributed by atoms with E-state index in [1.165, 1.54) is 22.5 Å². The Morgan fingerprint density at radius 3 is 2.66 bits per heavy atom. The second-order valence-corrected chi connectivity index (χ2v) is 8.34. The van der Waals surface area contributed by atoms with Crippen LogP contribution in [0.4, 0.5) is 10.5 Å². The molecule has 152 valence electrons. The average molecular weight is 412 g/mol. The summed E-state index contributed by atoms with van der Waals surface area (Å²) in [5.41, 5.74) is 4.11. The van der Waals surface area contributed by atoms with Gasteiger partial charge in [-0.25, -0.2) is 9.78 Å². The van der Waals surface area contributed by atoms with Crippen molar-refractivity contribution in [3.8, 4) is 10.9 Å². The lowest BCUT2D eigenvalue weighted by Crippen LogP contribution is -2.43. The van der Waals surface area contributed by atoms with E-state index in [1.807, 2.05) is 48.2 Å². The first kappa shape index (κ1) is 19.5. The number of benzene rings is 2. The molecule has 6 nitrogen and oxygen atoms in total. The van der Waals surface area contributed by atoms with E-state index in [2.05, 4.69) is 17.2 Å². The van der Waals surface area contributed by atoms with Gasteiger partial charge >= 0.3 is 6.03 Å². The van der Waals surface area contributed by atoms with E-state index >= 15 is 0 Å². The molecule has 7 heteroatoms. The van der Waals surface area contributed by atoms with E-state index < -0.39 is 0 Å². The molecule has 1 aromatic heterocycles. The standard InChI is InChI=1S/C22H25N3O3S/c1-14-4-5-16(12-15(14)2)23-21(26)25-10-8-17(9-11-25)28-22-24-19-13-18(27-3)6-7-20(19)29-22/h4-7,12-13,17H,8-11H2,1-3H3,(H,23,26). The highest BCUT2D eigenvalue weighted by Crippen LogP contribution is 2.32. The van der Waals surface area contributed by atoms with E-state index in [0.29, 0.717) is 18.3 Å². The highest BCUT2D eigenvalue weighted by atomic mass is 32.1. The summed E-state index contributed by atoms with van der Waals surface area (Å²) in [6, 6.07) is 11.8. The molecule has 3 aromatic rings. The smallest absolute Gasteiger partial charge is 0.321 e. The molecule has 0 bridgehead atoms. The molecule has 2 aromatic carbocycles. The first-order valence-electron chi connectivity index (χ1n) is 9.76. The molecule has 29 heavy (non-hydrogen) atoms. The number of ether oxygens (including phenoxy) is 2. The van der Waals surface area contributed by atoms with E-state index in [0.717, 1.165) is 34.5 Å². The van der Waals surface area contributed by atoms with Crippen molar-refractivity contribution in [3.05, 3.63) is 47.5 Å². The van der Waals surface area contributed by atoms with E-state index in [-0.39, 0.29) is 12.1 Å². The zero-order valence-electron chi connectivity index (χ0n) is 16.9. The molecule has 0 aliphatic carbocycles. The number of amides is 2. The first-order chi connectivity index (χ1) is 14.0. The Hall–Kier alpha value is -2.80. The Morgan fingerprint density at radius 1 is 1.14 bits per heavy atom. The van der Waals surface area contributed by atoms with Crippen molar-refractivity contribution < 1.29 is 14.3 Å². The van der Waals surface area contributed by atoms with Crippen LogP contribution in [-0.2, 0) is 0 Å². The normalized spacial score (nSPS) is 14.8. The molecule has 0 radical (unpaired) electrons. The number of carbonyl (C=O) groups is 1. The summed E-state index contributed by atoms with van der Waals surface area (Å²) in [6.07, 6.45) is 1.65. The summed E-state index contributed by atoms with van der Waals surface area (Å²) in [7, 11) is 1.65. The van der Waals surface area contributed by atoms with E-state index in [4.69, 9.17) is 9.47 Å². The average Bonchev–Trinajstić information content (AvgIpc) is 3.12. The van der Waals surface area contributed by atoms with Crippen LogP contribution in [0, 0.1) is 13.8 Å². The lowest BCUT2D eigenvalue weighted by molar-refractivity contribution is 0.115. The van der Waals surface area contributed by atoms with Gasteiger partial charge in [-0.2, -0.15) is 0 Å². The van der Waals surface area contributed by atoms with Crippen LogP contribution in [0.2, 0.25) is 0 Å². The highest BCUT2D eigenvalue weighted by molar-refractivity contribution is 7.20. The molecular formula is C22H25N3O3S. The third kappa shape index (κ3) is 4.45. The summed E-state index contributed by atoms with van der Waals surface area (Å²) in [6.45, 7) is 5.44. The maximum Gasteiger partial charge on any atom is 0.321 e. The van der Waals surface area contributed by atoms with Crippen LogP contribution in [0.5, 0.6) is 10.9 Å². The van der Waals surface area contributed by atoms with Gasteiger partial charge in [0.05, 0.1) is 17.3 Å². The van der Waals surface area contributed by atoms with Crippen LogP contribution in [0.3, 0.4) is 0 Å². The molecule has 1 aliphatic rings. The van der Waals surface area contributed by atoms with Gasteiger partial charge in [-0.15, -0.1) is 0 Å². The van der Waals surface area contributed by atoms with E-state index in [1.54, 1.807) is 7.11 Å². The number of aryl methyl sites for hydroxylation is 2. The molecule has 2 amide bonds. The number of thiazole rings is 1. The largest absolute Gasteiger partial charge is 0.497 e. The fraction of sp³-hybridized carbons (Fsp3) is 0.364. The van der Waals surface area contributed by atoms with Crippen molar-refractivity contribution in [1.29, 1.82) is 0 Å². The van der Waals surface area contributed by atoms with Gasteiger partial charge in [-0.05, 0) is 49.2 Å². The Morgan fingerprint density at radius 2 is 1.93 bits per heavy atom. The fourth-order valence-electron chi connectivity index (χ4n) is 3.40. The number of urea groups is 1. The molecule has 0 spiro atoms. The minimum absolute atomic E-state index is 0.0567. The number of piperidine rings is 1. The van der Waals surface area contributed by atoms with E-state index in [9.17, 15) is 4.79 Å². The number of nitrogens with zero attached hydrogens (tertiary/aromatic N) is 2. The number of hydrogen-bond donors (Lipinski definition) is 1. The molecule has 0 saturated carbocycles.